The molecular formula is C12H13ClN4O. The minimum Gasteiger partial charge on any atom is -0.396 e. The largest absolute Gasteiger partial charge is 0.396 e. The first kappa shape index (κ1) is 11.6. The van der Waals surface area contributed by atoms with Crippen LogP contribution < -0.4 is 0 Å². The molecule has 3 rings (SSSR count). The van der Waals surface area contributed by atoms with E-state index in [1.54, 1.807) is 6.33 Å². The molecule has 0 aromatic carbocycles. The zero-order chi connectivity index (χ0) is 12.5. The molecule has 1 N–H and O–H groups in total. The quantitative estimate of drug-likeness (QED) is 0.680. The molecule has 2 heterocycles. The number of imidazole rings is 1. The lowest BCUT2D eigenvalue weighted by Crippen LogP contribution is -2.15. The Morgan fingerprint density at radius 3 is 3.11 bits per heavy atom. The second kappa shape index (κ2) is 4.66. The highest BCUT2D eigenvalue weighted by molar-refractivity contribution is 6.33. The molecule has 0 aliphatic heterocycles. The van der Waals surface area contributed by atoms with Gasteiger partial charge in [-0.3, -0.25) is 0 Å². The van der Waals surface area contributed by atoms with Crippen molar-refractivity contribution in [2.45, 2.75) is 18.9 Å². The fourth-order valence-corrected chi connectivity index (χ4v) is 2.68. The van der Waals surface area contributed by atoms with Crippen molar-refractivity contribution >= 4 is 22.8 Å². The molecule has 2 atom stereocenters. The smallest absolute Gasteiger partial charge is 0.165 e. The highest BCUT2D eigenvalue weighted by atomic mass is 35.5. The number of aliphatic hydroxyl groups excluding tert-OH is 1. The van der Waals surface area contributed by atoms with Crippen LogP contribution in [0.15, 0.2) is 24.8 Å². The van der Waals surface area contributed by atoms with E-state index in [9.17, 15) is 0 Å². The number of allylic oxidation sites excluding steroid dienone is 2. The van der Waals surface area contributed by atoms with Crippen LogP contribution in [0, 0.1) is 5.92 Å². The fourth-order valence-electron chi connectivity index (χ4n) is 2.51. The highest BCUT2D eigenvalue weighted by Gasteiger charge is 2.25. The molecular weight excluding hydrogens is 252 g/mol. The monoisotopic (exact) mass is 264 g/mol. The number of nitrogens with zero attached hydrogens (tertiary/aromatic N) is 4. The van der Waals surface area contributed by atoms with Gasteiger partial charge < -0.3 is 9.67 Å². The zero-order valence-corrected chi connectivity index (χ0v) is 10.5. The van der Waals surface area contributed by atoms with Gasteiger partial charge in [0.05, 0.1) is 12.4 Å². The van der Waals surface area contributed by atoms with Gasteiger partial charge >= 0.3 is 0 Å². The van der Waals surface area contributed by atoms with Crippen LogP contribution in [-0.2, 0) is 0 Å². The Balaban J connectivity index is 2.04. The molecule has 5 nitrogen and oxygen atoms in total. The van der Waals surface area contributed by atoms with Crippen LogP contribution in [0.5, 0.6) is 0 Å². The summed E-state index contributed by atoms with van der Waals surface area (Å²) in [5, 5.41) is 9.47. The van der Waals surface area contributed by atoms with Gasteiger partial charge in [0, 0.05) is 6.61 Å². The number of halogens is 1. The Morgan fingerprint density at radius 2 is 2.28 bits per heavy atom. The Bertz CT molecular complexity index is 595. The van der Waals surface area contributed by atoms with Crippen LogP contribution in [0.4, 0.5) is 0 Å². The topological polar surface area (TPSA) is 63.8 Å². The molecule has 0 fully saturated rings. The summed E-state index contributed by atoms with van der Waals surface area (Å²) < 4.78 is 2.01. The highest BCUT2D eigenvalue weighted by Crippen LogP contribution is 2.34. The van der Waals surface area contributed by atoms with Gasteiger partial charge in [0.15, 0.2) is 10.8 Å². The summed E-state index contributed by atoms with van der Waals surface area (Å²) in [6, 6.07) is 0.188. The van der Waals surface area contributed by atoms with Gasteiger partial charge in [0.1, 0.15) is 11.8 Å². The van der Waals surface area contributed by atoms with E-state index in [-0.39, 0.29) is 12.6 Å². The van der Waals surface area contributed by atoms with Crippen molar-refractivity contribution in [3.8, 4) is 0 Å². The van der Waals surface area contributed by atoms with Gasteiger partial charge in [0.2, 0.25) is 0 Å². The van der Waals surface area contributed by atoms with Crippen LogP contribution in [0.1, 0.15) is 18.9 Å². The van der Waals surface area contributed by atoms with Gasteiger partial charge in [-0.1, -0.05) is 23.8 Å². The summed E-state index contributed by atoms with van der Waals surface area (Å²) >= 11 is 5.99. The van der Waals surface area contributed by atoms with Gasteiger partial charge in [-0.05, 0) is 18.8 Å². The normalized spacial score (nSPS) is 23.0. The zero-order valence-electron chi connectivity index (χ0n) is 9.70. The maximum absolute atomic E-state index is 9.10. The molecule has 2 aromatic heterocycles. The van der Waals surface area contributed by atoms with Gasteiger partial charge in [-0.15, -0.1) is 0 Å². The van der Waals surface area contributed by atoms with E-state index in [0.29, 0.717) is 16.6 Å². The number of aliphatic hydroxyl groups is 1. The maximum Gasteiger partial charge on any atom is 0.165 e. The summed E-state index contributed by atoms with van der Waals surface area (Å²) in [5.41, 5.74) is 1.37. The first-order valence-electron chi connectivity index (χ1n) is 5.92. The molecule has 0 saturated carbocycles. The van der Waals surface area contributed by atoms with Crippen LogP contribution in [0.3, 0.4) is 0 Å². The second-order valence-corrected chi connectivity index (χ2v) is 4.77. The Hall–Kier alpha value is -1.46. The lowest BCUT2D eigenvalue weighted by Gasteiger charge is -2.19. The number of rotatable bonds is 3. The van der Waals surface area contributed by atoms with Crippen LogP contribution in [-0.4, -0.2) is 31.2 Å². The average Bonchev–Trinajstić information content (AvgIpc) is 2.96. The molecule has 94 valence electrons. The van der Waals surface area contributed by atoms with Gasteiger partial charge in [0.25, 0.3) is 0 Å². The predicted molar refractivity (Wildman–Crippen MR) is 68.3 cm³/mol. The fraction of sp³-hybridized carbons (Fsp3) is 0.417. The van der Waals surface area contributed by atoms with Crippen molar-refractivity contribution in [1.29, 1.82) is 0 Å². The second-order valence-electron chi connectivity index (χ2n) is 4.42. The van der Waals surface area contributed by atoms with E-state index in [1.165, 1.54) is 6.33 Å². The molecule has 0 amide bonds. The molecule has 2 aromatic rings. The number of fused-ring (bicyclic) bond motifs is 1. The van der Waals surface area contributed by atoms with Crippen molar-refractivity contribution in [3.05, 3.63) is 30.0 Å². The molecule has 0 unspecified atom stereocenters. The van der Waals surface area contributed by atoms with Crippen LogP contribution >= 0.6 is 11.6 Å². The molecule has 6 heteroatoms. The lowest BCUT2D eigenvalue weighted by atomic mass is 9.99. The third-order valence-electron chi connectivity index (χ3n) is 3.39. The van der Waals surface area contributed by atoms with E-state index in [2.05, 4.69) is 27.1 Å². The van der Waals surface area contributed by atoms with Crippen molar-refractivity contribution < 1.29 is 5.11 Å². The number of aromatic nitrogens is 4. The van der Waals surface area contributed by atoms with E-state index in [4.69, 9.17) is 16.7 Å². The Morgan fingerprint density at radius 1 is 1.39 bits per heavy atom. The van der Waals surface area contributed by atoms with Crippen molar-refractivity contribution in [2.24, 2.45) is 5.92 Å². The van der Waals surface area contributed by atoms with E-state index >= 15 is 0 Å². The van der Waals surface area contributed by atoms with Gasteiger partial charge in [-0.25, -0.2) is 15.0 Å². The standard InChI is InChI=1S/C12H13ClN4O/c13-11-10-12(15-6-14-11)17(7-16-10)9-3-1-2-8(9)4-5-18/h1,3,6-9,18H,2,4-5H2/t8-,9-/m1/s1. The van der Waals surface area contributed by atoms with Crippen LogP contribution in [0.2, 0.25) is 5.15 Å². The minimum absolute atomic E-state index is 0.188. The van der Waals surface area contributed by atoms with Crippen molar-refractivity contribution in [3.63, 3.8) is 0 Å². The molecule has 1 aliphatic carbocycles. The summed E-state index contributed by atoms with van der Waals surface area (Å²) in [6.07, 6.45) is 9.22. The van der Waals surface area contributed by atoms with E-state index in [1.807, 2.05) is 4.57 Å². The van der Waals surface area contributed by atoms with E-state index in [0.717, 1.165) is 18.5 Å². The molecule has 1 aliphatic rings. The van der Waals surface area contributed by atoms with Crippen molar-refractivity contribution in [1.82, 2.24) is 19.5 Å². The van der Waals surface area contributed by atoms with Crippen LogP contribution in [0.25, 0.3) is 11.2 Å². The molecule has 0 bridgehead atoms. The lowest BCUT2D eigenvalue weighted by molar-refractivity contribution is 0.242. The molecule has 0 saturated heterocycles. The van der Waals surface area contributed by atoms with E-state index < -0.39 is 0 Å². The third kappa shape index (κ3) is 1.79. The Kier molecular flexibility index (Phi) is 3.01. The maximum atomic E-state index is 9.10. The van der Waals surface area contributed by atoms with Gasteiger partial charge in [-0.2, -0.15) is 0 Å². The summed E-state index contributed by atoms with van der Waals surface area (Å²) in [4.78, 5) is 12.4. The number of hydrogen-bond acceptors (Lipinski definition) is 4. The summed E-state index contributed by atoms with van der Waals surface area (Å²) in [6.45, 7) is 0.200. The predicted octanol–water partition coefficient (Wildman–Crippen LogP) is 1.98. The minimum atomic E-state index is 0.188. The Labute approximate surface area is 109 Å². The SMILES string of the molecule is OCC[C@H]1CC=C[C@H]1n1cnc2c(Cl)ncnc21. The third-order valence-corrected chi connectivity index (χ3v) is 3.67. The first-order valence-corrected chi connectivity index (χ1v) is 6.29. The summed E-state index contributed by atoms with van der Waals surface area (Å²) in [7, 11) is 0. The first-order chi connectivity index (χ1) is 8.81. The molecule has 0 radical (unpaired) electrons. The average molecular weight is 265 g/mol. The summed E-state index contributed by atoms with van der Waals surface area (Å²) in [5.74, 6) is 0.390. The number of hydrogen-bond donors (Lipinski definition) is 1. The molecule has 0 spiro atoms. The van der Waals surface area contributed by atoms with Crippen molar-refractivity contribution in [2.75, 3.05) is 6.61 Å². The molecule has 18 heavy (non-hydrogen) atoms.